The minimum atomic E-state index is -0.121. The number of hydrogen-bond acceptors (Lipinski definition) is 2. The summed E-state index contributed by atoms with van der Waals surface area (Å²) in [6.07, 6.45) is 0. The van der Waals surface area contributed by atoms with E-state index in [2.05, 4.69) is 0 Å². The van der Waals surface area contributed by atoms with Gasteiger partial charge in [0, 0.05) is 26.7 Å². The minimum absolute atomic E-state index is 0.121. The molecule has 1 aromatic rings. The van der Waals surface area contributed by atoms with Crippen molar-refractivity contribution in [1.29, 1.82) is 0 Å². The molecule has 0 aliphatic rings. The van der Waals surface area contributed by atoms with E-state index in [0.29, 0.717) is 4.99 Å². The van der Waals surface area contributed by atoms with Crippen LogP contribution < -0.4 is 0 Å². The van der Waals surface area contributed by atoms with Crippen LogP contribution >= 0.6 is 12.2 Å². The van der Waals surface area contributed by atoms with Crippen molar-refractivity contribution in [2.24, 2.45) is 0 Å². The molecule has 0 atom stereocenters. The molecule has 0 spiro atoms. The summed E-state index contributed by atoms with van der Waals surface area (Å²) in [6.45, 7) is 0. The topological polar surface area (TPSA) is 23.6 Å². The van der Waals surface area contributed by atoms with E-state index in [1.165, 1.54) is 9.80 Å². The first-order valence-corrected chi connectivity index (χ1v) is 4.99. The first-order chi connectivity index (χ1) is 7.04. The zero-order chi connectivity index (χ0) is 11.4. The van der Waals surface area contributed by atoms with Crippen LogP contribution in [0.25, 0.3) is 0 Å². The van der Waals surface area contributed by atoms with Gasteiger partial charge in [-0.3, -0.25) is 4.90 Å². The monoisotopic (exact) mass is 222 g/mol. The molecule has 0 heterocycles. The molecule has 0 aliphatic carbocycles. The lowest BCUT2D eigenvalue weighted by Gasteiger charge is -2.22. The zero-order valence-electron chi connectivity index (χ0n) is 9.10. The van der Waals surface area contributed by atoms with Gasteiger partial charge in [-0.15, -0.1) is 0 Å². The van der Waals surface area contributed by atoms with E-state index in [4.69, 9.17) is 12.2 Å². The molecule has 15 heavy (non-hydrogen) atoms. The summed E-state index contributed by atoms with van der Waals surface area (Å²) in [4.78, 5) is 15.1. The molecule has 0 N–H and O–H groups in total. The van der Waals surface area contributed by atoms with Crippen molar-refractivity contribution >= 4 is 23.2 Å². The Balaban J connectivity index is 2.82. The van der Waals surface area contributed by atoms with E-state index in [1.54, 1.807) is 21.1 Å². The highest BCUT2D eigenvalue weighted by molar-refractivity contribution is 7.80. The Hall–Kier alpha value is -1.42. The molecule has 0 saturated heterocycles. The van der Waals surface area contributed by atoms with Gasteiger partial charge in [0.25, 0.3) is 0 Å². The van der Waals surface area contributed by atoms with Gasteiger partial charge < -0.3 is 4.90 Å². The Morgan fingerprint density at radius 1 is 1.13 bits per heavy atom. The fourth-order valence-corrected chi connectivity index (χ4v) is 1.38. The SMILES string of the molecule is CN(C)C(=O)N(C)C(=S)c1ccccc1. The first kappa shape index (κ1) is 11.7. The number of rotatable bonds is 1. The standard InChI is InChI=1S/C11H14N2OS/c1-12(2)11(14)13(3)10(15)9-7-5-4-6-8-9/h4-8H,1-3H3. The normalized spacial score (nSPS) is 9.53. The Morgan fingerprint density at radius 3 is 2.13 bits per heavy atom. The first-order valence-electron chi connectivity index (χ1n) is 4.58. The number of nitrogens with zero attached hydrogens (tertiary/aromatic N) is 2. The lowest BCUT2D eigenvalue weighted by Crippen LogP contribution is -2.39. The molecular weight excluding hydrogens is 208 g/mol. The Morgan fingerprint density at radius 2 is 1.67 bits per heavy atom. The summed E-state index contributed by atoms with van der Waals surface area (Å²) >= 11 is 5.22. The summed E-state index contributed by atoms with van der Waals surface area (Å²) < 4.78 is 0. The highest BCUT2D eigenvalue weighted by Gasteiger charge is 2.15. The number of carbonyl (C=O) groups is 1. The van der Waals surface area contributed by atoms with Gasteiger partial charge in [0.05, 0.1) is 0 Å². The second-order valence-electron chi connectivity index (χ2n) is 3.41. The third kappa shape index (κ3) is 2.76. The maximum absolute atomic E-state index is 11.6. The van der Waals surface area contributed by atoms with Crippen LogP contribution in [0.5, 0.6) is 0 Å². The van der Waals surface area contributed by atoms with Crippen molar-refractivity contribution < 1.29 is 4.79 Å². The van der Waals surface area contributed by atoms with E-state index in [9.17, 15) is 4.79 Å². The molecule has 1 rings (SSSR count). The highest BCUT2D eigenvalue weighted by Crippen LogP contribution is 2.05. The summed E-state index contributed by atoms with van der Waals surface area (Å²) in [5.41, 5.74) is 0.880. The van der Waals surface area contributed by atoms with Crippen LogP contribution in [0.4, 0.5) is 4.79 Å². The van der Waals surface area contributed by atoms with Gasteiger partial charge >= 0.3 is 6.03 Å². The largest absolute Gasteiger partial charge is 0.330 e. The van der Waals surface area contributed by atoms with Crippen molar-refractivity contribution in [2.75, 3.05) is 21.1 Å². The molecule has 0 aromatic heterocycles. The molecule has 4 heteroatoms. The van der Waals surface area contributed by atoms with Crippen LogP contribution in [-0.2, 0) is 0 Å². The van der Waals surface area contributed by atoms with Crippen molar-refractivity contribution in [1.82, 2.24) is 9.80 Å². The fraction of sp³-hybridized carbons (Fsp3) is 0.273. The fourth-order valence-electron chi connectivity index (χ4n) is 1.16. The van der Waals surface area contributed by atoms with Gasteiger partial charge in [0.2, 0.25) is 0 Å². The molecule has 0 unspecified atom stereocenters. The molecule has 1 aromatic carbocycles. The predicted molar refractivity (Wildman–Crippen MR) is 65.0 cm³/mol. The average Bonchev–Trinajstić information content (AvgIpc) is 2.27. The van der Waals surface area contributed by atoms with Gasteiger partial charge in [-0.1, -0.05) is 42.5 Å². The molecule has 0 aliphatic heterocycles. The average molecular weight is 222 g/mol. The second-order valence-corrected chi connectivity index (χ2v) is 3.79. The summed E-state index contributed by atoms with van der Waals surface area (Å²) in [5.74, 6) is 0. The number of amides is 2. The highest BCUT2D eigenvalue weighted by atomic mass is 32.1. The number of urea groups is 1. The van der Waals surface area contributed by atoms with Crippen LogP contribution in [-0.4, -0.2) is 42.0 Å². The Bertz CT molecular complexity index is 362. The van der Waals surface area contributed by atoms with Crippen molar-refractivity contribution in [3.8, 4) is 0 Å². The molecule has 80 valence electrons. The lowest BCUT2D eigenvalue weighted by atomic mass is 10.2. The van der Waals surface area contributed by atoms with Crippen LogP contribution in [0.3, 0.4) is 0 Å². The number of hydrogen-bond donors (Lipinski definition) is 0. The molecule has 0 bridgehead atoms. The van der Waals surface area contributed by atoms with Crippen LogP contribution in [0, 0.1) is 0 Å². The van der Waals surface area contributed by atoms with Crippen LogP contribution in [0.15, 0.2) is 30.3 Å². The number of benzene rings is 1. The summed E-state index contributed by atoms with van der Waals surface area (Å²) in [5, 5.41) is 0. The van der Waals surface area contributed by atoms with E-state index in [-0.39, 0.29) is 6.03 Å². The van der Waals surface area contributed by atoms with Gasteiger partial charge in [-0.2, -0.15) is 0 Å². The Kier molecular flexibility index (Phi) is 3.80. The molecule has 2 amide bonds. The molecular formula is C11H14N2OS. The van der Waals surface area contributed by atoms with E-state index in [1.807, 2.05) is 30.3 Å². The van der Waals surface area contributed by atoms with Crippen LogP contribution in [0.2, 0.25) is 0 Å². The van der Waals surface area contributed by atoms with Crippen molar-refractivity contribution in [2.45, 2.75) is 0 Å². The van der Waals surface area contributed by atoms with Gasteiger partial charge in [-0.05, 0) is 0 Å². The second kappa shape index (κ2) is 4.89. The van der Waals surface area contributed by atoms with Crippen molar-refractivity contribution in [3.63, 3.8) is 0 Å². The van der Waals surface area contributed by atoms with Gasteiger partial charge in [0.1, 0.15) is 4.99 Å². The lowest BCUT2D eigenvalue weighted by molar-refractivity contribution is 0.201. The number of thiocarbonyl (C=S) groups is 1. The molecule has 0 fully saturated rings. The maximum Gasteiger partial charge on any atom is 0.324 e. The summed E-state index contributed by atoms with van der Waals surface area (Å²) in [6, 6.07) is 9.37. The maximum atomic E-state index is 11.6. The van der Waals surface area contributed by atoms with Gasteiger partial charge in [0.15, 0.2) is 0 Å². The van der Waals surface area contributed by atoms with Gasteiger partial charge in [-0.25, -0.2) is 4.79 Å². The van der Waals surface area contributed by atoms with E-state index >= 15 is 0 Å². The predicted octanol–water partition coefficient (Wildman–Crippen LogP) is 1.98. The summed E-state index contributed by atoms with van der Waals surface area (Å²) in [7, 11) is 5.08. The van der Waals surface area contributed by atoms with E-state index in [0.717, 1.165) is 5.56 Å². The molecule has 0 radical (unpaired) electrons. The third-order valence-corrected chi connectivity index (χ3v) is 2.50. The van der Waals surface area contributed by atoms with E-state index < -0.39 is 0 Å². The minimum Gasteiger partial charge on any atom is -0.330 e. The molecule has 0 saturated carbocycles. The van der Waals surface area contributed by atoms with Crippen molar-refractivity contribution in [3.05, 3.63) is 35.9 Å². The quantitative estimate of drug-likeness (QED) is 0.678. The zero-order valence-corrected chi connectivity index (χ0v) is 9.91. The smallest absolute Gasteiger partial charge is 0.324 e. The molecule has 3 nitrogen and oxygen atoms in total. The van der Waals surface area contributed by atoms with Crippen LogP contribution in [0.1, 0.15) is 5.56 Å². The Labute approximate surface area is 95.3 Å². The number of carbonyl (C=O) groups excluding carboxylic acids is 1. The third-order valence-electron chi connectivity index (χ3n) is 1.99.